The lowest BCUT2D eigenvalue weighted by atomic mass is 9.98. The van der Waals surface area contributed by atoms with E-state index in [1.54, 1.807) is 29.2 Å². The largest absolute Gasteiger partial charge is 0.489 e. The number of hydrogen-bond donors (Lipinski definition) is 2. The third-order valence-corrected chi connectivity index (χ3v) is 4.57. The van der Waals surface area contributed by atoms with Gasteiger partial charge in [0, 0.05) is 26.2 Å². The molecule has 0 saturated carbocycles. The van der Waals surface area contributed by atoms with Crippen molar-refractivity contribution < 1.29 is 18.6 Å². The van der Waals surface area contributed by atoms with E-state index in [4.69, 9.17) is 4.74 Å². The van der Waals surface area contributed by atoms with Gasteiger partial charge in [-0.3, -0.25) is 4.90 Å². The predicted molar refractivity (Wildman–Crippen MR) is 96.4 cm³/mol. The van der Waals surface area contributed by atoms with Crippen molar-refractivity contribution in [3.05, 3.63) is 65.7 Å². The Hall–Kier alpha value is -2.02. The van der Waals surface area contributed by atoms with Gasteiger partial charge in [-0.2, -0.15) is 0 Å². The van der Waals surface area contributed by atoms with Gasteiger partial charge in [0.1, 0.15) is 25.0 Å². The second kappa shape index (κ2) is 8.58. The standard InChI is InChI=1S/C20H24F2N2O2/c21-20(22,15-25)19(24-12-10-23-11-13-24)17-6-8-18(9-7-17)26-14-16-4-2-1-3-5-16/h1-9,19,23,25H,10-15H2/t19-/m1/s1. The highest BCUT2D eigenvalue weighted by molar-refractivity contribution is 5.31. The summed E-state index contributed by atoms with van der Waals surface area (Å²) in [5, 5.41) is 12.4. The fourth-order valence-electron chi connectivity index (χ4n) is 3.24. The number of benzene rings is 2. The summed E-state index contributed by atoms with van der Waals surface area (Å²) in [6.07, 6.45) is 0. The fraction of sp³-hybridized carbons (Fsp3) is 0.400. The van der Waals surface area contributed by atoms with Crippen LogP contribution in [-0.2, 0) is 6.61 Å². The molecular formula is C20H24F2N2O2. The molecular weight excluding hydrogens is 338 g/mol. The van der Waals surface area contributed by atoms with Crippen LogP contribution < -0.4 is 10.1 Å². The van der Waals surface area contributed by atoms with E-state index in [-0.39, 0.29) is 0 Å². The zero-order chi connectivity index (χ0) is 18.4. The molecule has 0 spiro atoms. The normalized spacial score (nSPS) is 17.0. The van der Waals surface area contributed by atoms with Gasteiger partial charge in [0.2, 0.25) is 0 Å². The second-order valence-corrected chi connectivity index (χ2v) is 6.45. The van der Waals surface area contributed by atoms with Gasteiger partial charge >= 0.3 is 0 Å². The van der Waals surface area contributed by atoms with Gasteiger partial charge in [-0.1, -0.05) is 42.5 Å². The molecule has 0 unspecified atom stereocenters. The molecule has 6 heteroatoms. The van der Waals surface area contributed by atoms with Crippen molar-refractivity contribution in [1.82, 2.24) is 10.2 Å². The molecule has 0 aromatic heterocycles. The predicted octanol–water partition coefficient (Wildman–Crippen LogP) is 2.84. The van der Waals surface area contributed by atoms with Crippen molar-refractivity contribution >= 4 is 0 Å². The van der Waals surface area contributed by atoms with Crippen LogP contribution in [0.2, 0.25) is 0 Å². The number of rotatable bonds is 7. The van der Waals surface area contributed by atoms with Crippen molar-refractivity contribution in [3.63, 3.8) is 0 Å². The maximum absolute atomic E-state index is 14.4. The van der Waals surface area contributed by atoms with Gasteiger partial charge in [-0.25, -0.2) is 8.78 Å². The first-order valence-corrected chi connectivity index (χ1v) is 8.80. The van der Waals surface area contributed by atoms with Crippen LogP contribution in [0.3, 0.4) is 0 Å². The van der Waals surface area contributed by atoms with E-state index in [0.717, 1.165) is 5.56 Å². The summed E-state index contributed by atoms with van der Waals surface area (Å²) in [6.45, 7) is 1.62. The first-order valence-electron chi connectivity index (χ1n) is 8.80. The summed E-state index contributed by atoms with van der Waals surface area (Å²) in [5.41, 5.74) is 1.53. The summed E-state index contributed by atoms with van der Waals surface area (Å²) in [7, 11) is 0. The van der Waals surface area contributed by atoms with Crippen LogP contribution in [0.15, 0.2) is 54.6 Å². The minimum atomic E-state index is -3.20. The molecule has 4 nitrogen and oxygen atoms in total. The van der Waals surface area contributed by atoms with Gasteiger partial charge in [0.25, 0.3) is 5.92 Å². The van der Waals surface area contributed by atoms with Crippen molar-refractivity contribution in [2.75, 3.05) is 32.8 Å². The van der Waals surface area contributed by atoms with E-state index in [2.05, 4.69) is 5.32 Å². The lowest BCUT2D eigenvalue weighted by Crippen LogP contribution is -2.51. The maximum atomic E-state index is 14.4. The molecule has 26 heavy (non-hydrogen) atoms. The average molecular weight is 362 g/mol. The Bertz CT molecular complexity index is 674. The van der Waals surface area contributed by atoms with E-state index in [1.165, 1.54) is 0 Å². The number of halogens is 2. The smallest absolute Gasteiger partial charge is 0.289 e. The number of nitrogens with zero attached hydrogens (tertiary/aromatic N) is 1. The SMILES string of the molecule is OCC(F)(F)[C@@H](c1ccc(OCc2ccccc2)cc1)N1CCNCC1. The van der Waals surface area contributed by atoms with Crippen molar-refractivity contribution in [2.45, 2.75) is 18.6 Å². The molecule has 140 valence electrons. The number of nitrogens with one attached hydrogen (secondary N) is 1. The number of aliphatic hydroxyl groups is 1. The van der Waals surface area contributed by atoms with E-state index in [1.807, 2.05) is 30.3 Å². The quantitative estimate of drug-likeness (QED) is 0.795. The topological polar surface area (TPSA) is 44.7 Å². The molecule has 3 rings (SSSR count). The Morgan fingerprint density at radius 3 is 2.31 bits per heavy atom. The summed E-state index contributed by atoms with van der Waals surface area (Å²) in [5.74, 6) is -2.58. The third-order valence-electron chi connectivity index (χ3n) is 4.57. The Morgan fingerprint density at radius 1 is 1.04 bits per heavy atom. The summed E-state index contributed by atoms with van der Waals surface area (Å²) in [4.78, 5) is 1.73. The molecule has 1 saturated heterocycles. The molecule has 0 aliphatic carbocycles. The van der Waals surface area contributed by atoms with E-state index < -0.39 is 18.6 Å². The first kappa shape index (κ1) is 18.8. The number of hydrogen-bond acceptors (Lipinski definition) is 4. The monoisotopic (exact) mass is 362 g/mol. The lowest BCUT2D eigenvalue weighted by Gasteiger charge is -2.38. The molecule has 0 amide bonds. The van der Waals surface area contributed by atoms with Gasteiger partial charge < -0.3 is 15.2 Å². The molecule has 0 bridgehead atoms. The van der Waals surface area contributed by atoms with Gasteiger partial charge in [-0.05, 0) is 23.3 Å². The fourth-order valence-corrected chi connectivity index (χ4v) is 3.24. The highest BCUT2D eigenvalue weighted by atomic mass is 19.3. The Balaban J connectivity index is 1.73. The van der Waals surface area contributed by atoms with Crippen molar-refractivity contribution in [1.29, 1.82) is 0 Å². The van der Waals surface area contributed by atoms with Crippen molar-refractivity contribution in [3.8, 4) is 5.75 Å². The van der Waals surface area contributed by atoms with Crippen LogP contribution in [0, 0.1) is 0 Å². The van der Waals surface area contributed by atoms with Crippen LogP contribution in [-0.4, -0.2) is 48.7 Å². The van der Waals surface area contributed by atoms with Gasteiger partial charge in [-0.15, -0.1) is 0 Å². The maximum Gasteiger partial charge on any atom is 0.289 e. The molecule has 1 aliphatic rings. The molecule has 1 aliphatic heterocycles. The minimum Gasteiger partial charge on any atom is -0.489 e. The first-order chi connectivity index (χ1) is 12.6. The average Bonchev–Trinajstić information content (AvgIpc) is 2.69. The molecule has 1 heterocycles. The summed E-state index contributed by atoms with van der Waals surface area (Å²) < 4.78 is 34.6. The number of alkyl halides is 2. The van der Waals surface area contributed by atoms with Crippen LogP contribution in [0.5, 0.6) is 5.75 Å². The molecule has 0 radical (unpaired) electrons. The molecule has 2 aromatic carbocycles. The van der Waals surface area contributed by atoms with E-state index >= 15 is 0 Å². The Morgan fingerprint density at radius 2 is 1.69 bits per heavy atom. The van der Waals surface area contributed by atoms with Crippen LogP contribution in [0.1, 0.15) is 17.2 Å². The van der Waals surface area contributed by atoms with Crippen molar-refractivity contribution in [2.24, 2.45) is 0 Å². The molecule has 2 N–H and O–H groups in total. The van der Waals surface area contributed by atoms with Crippen LogP contribution in [0.4, 0.5) is 8.78 Å². The van der Waals surface area contributed by atoms with E-state index in [9.17, 15) is 13.9 Å². The minimum absolute atomic E-state index is 0.425. The van der Waals surface area contributed by atoms with Crippen LogP contribution in [0.25, 0.3) is 0 Å². The number of ether oxygens (including phenoxy) is 1. The Kier molecular flexibility index (Phi) is 6.19. The summed E-state index contributed by atoms with van der Waals surface area (Å²) >= 11 is 0. The number of aliphatic hydroxyl groups excluding tert-OH is 1. The molecule has 1 atom stereocenters. The second-order valence-electron chi connectivity index (χ2n) is 6.45. The highest BCUT2D eigenvalue weighted by Gasteiger charge is 2.43. The van der Waals surface area contributed by atoms with E-state index in [0.29, 0.717) is 44.1 Å². The van der Waals surface area contributed by atoms with Crippen LogP contribution >= 0.6 is 0 Å². The molecule has 1 fully saturated rings. The highest BCUT2D eigenvalue weighted by Crippen LogP contribution is 2.37. The summed E-state index contributed by atoms with van der Waals surface area (Å²) in [6, 6.07) is 15.4. The zero-order valence-corrected chi connectivity index (χ0v) is 14.6. The van der Waals surface area contributed by atoms with Gasteiger partial charge in [0.15, 0.2) is 0 Å². The molecule has 2 aromatic rings. The number of piperazine rings is 1. The Labute approximate surface area is 152 Å². The third kappa shape index (κ3) is 4.58. The zero-order valence-electron chi connectivity index (χ0n) is 14.6. The lowest BCUT2D eigenvalue weighted by molar-refractivity contribution is -0.118. The van der Waals surface area contributed by atoms with Gasteiger partial charge in [0.05, 0.1) is 0 Å².